The first-order valence-corrected chi connectivity index (χ1v) is 6.26. The number of carbonyl (C=O) groups is 1. The van der Waals surface area contributed by atoms with Gasteiger partial charge in [-0.15, -0.1) is 0 Å². The molecule has 1 aromatic rings. The Morgan fingerprint density at radius 1 is 1.53 bits per heavy atom. The Balaban J connectivity index is 2.06. The third-order valence-electron chi connectivity index (χ3n) is 3.21. The van der Waals surface area contributed by atoms with E-state index in [1.165, 1.54) is 5.56 Å². The molecule has 1 atom stereocenters. The minimum atomic E-state index is -0.734. The largest absolute Gasteiger partial charge is 0.481 e. The number of hydrogen-bond acceptors (Lipinski definition) is 2. The van der Waals surface area contributed by atoms with Crippen molar-refractivity contribution in [3.05, 3.63) is 34.9 Å². The second-order valence-corrected chi connectivity index (χ2v) is 4.83. The van der Waals surface area contributed by atoms with Crippen LogP contribution in [0, 0.1) is 0 Å². The minimum absolute atomic E-state index is 0.205. The summed E-state index contributed by atoms with van der Waals surface area (Å²) in [7, 11) is 0. The number of halogens is 1. The Hall–Kier alpha value is -1.06. The molecule has 1 aliphatic heterocycles. The zero-order valence-electron chi connectivity index (χ0n) is 9.60. The highest BCUT2D eigenvalue weighted by Crippen LogP contribution is 2.32. The van der Waals surface area contributed by atoms with Gasteiger partial charge in [-0.2, -0.15) is 0 Å². The van der Waals surface area contributed by atoms with Gasteiger partial charge in [-0.05, 0) is 37.1 Å². The molecule has 1 N–H and O–H groups in total. The van der Waals surface area contributed by atoms with Crippen molar-refractivity contribution in [2.45, 2.75) is 25.3 Å². The smallest absolute Gasteiger partial charge is 0.304 e. The zero-order valence-corrected chi connectivity index (χ0v) is 10.4. The highest BCUT2D eigenvalue weighted by molar-refractivity contribution is 6.30. The van der Waals surface area contributed by atoms with Crippen molar-refractivity contribution in [3.63, 3.8) is 0 Å². The molecule has 1 fully saturated rings. The zero-order chi connectivity index (χ0) is 12.3. The number of benzene rings is 1. The highest BCUT2D eigenvalue weighted by Gasteiger charge is 2.26. The average molecular weight is 254 g/mol. The van der Waals surface area contributed by atoms with Gasteiger partial charge in [0.2, 0.25) is 0 Å². The van der Waals surface area contributed by atoms with Crippen molar-refractivity contribution in [1.82, 2.24) is 4.90 Å². The van der Waals surface area contributed by atoms with Crippen LogP contribution in [0.2, 0.25) is 5.02 Å². The lowest BCUT2D eigenvalue weighted by Gasteiger charge is -2.24. The molecule has 0 aromatic heterocycles. The summed E-state index contributed by atoms with van der Waals surface area (Å²) in [6.45, 7) is 1.59. The van der Waals surface area contributed by atoms with Crippen molar-refractivity contribution in [2.24, 2.45) is 0 Å². The van der Waals surface area contributed by atoms with E-state index in [0.717, 1.165) is 24.4 Å². The first kappa shape index (κ1) is 12.4. The molecular formula is C13H16ClNO2. The van der Waals surface area contributed by atoms with E-state index in [1.807, 2.05) is 18.2 Å². The Morgan fingerprint density at radius 3 is 3.06 bits per heavy atom. The van der Waals surface area contributed by atoms with E-state index in [-0.39, 0.29) is 6.42 Å². The number of likely N-dealkylation sites (tertiary alicyclic amines) is 1. The molecule has 2 rings (SSSR count). The molecule has 92 valence electrons. The Bertz CT molecular complexity index is 408. The molecule has 0 saturated carbocycles. The molecule has 0 amide bonds. The maximum atomic E-state index is 10.6. The summed E-state index contributed by atoms with van der Waals surface area (Å²) in [5.41, 5.74) is 1.19. The highest BCUT2D eigenvalue weighted by atomic mass is 35.5. The molecule has 4 heteroatoms. The van der Waals surface area contributed by atoms with Gasteiger partial charge in [0, 0.05) is 17.6 Å². The summed E-state index contributed by atoms with van der Waals surface area (Å²) < 4.78 is 0. The second-order valence-electron chi connectivity index (χ2n) is 4.39. The van der Waals surface area contributed by atoms with Gasteiger partial charge in [0.05, 0.1) is 6.42 Å². The van der Waals surface area contributed by atoms with E-state index in [2.05, 4.69) is 11.0 Å². The summed E-state index contributed by atoms with van der Waals surface area (Å²) in [5, 5.41) is 9.47. The van der Waals surface area contributed by atoms with Gasteiger partial charge in [-0.25, -0.2) is 0 Å². The average Bonchev–Trinajstić information content (AvgIpc) is 2.74. The van der Waals surface area contributed by atoms with E-state index in [0.29, 0.717) is 12.6 Å². The minimum Gasteiger partial charge on any atom is -0.481 e. The maximum absolute atomic E-state index is 10.6. The van der Waals surface area contributed by atoms with E-state index in [1.54, 1.807) is 0 Å². The van der Waals surface area contributed by atoms with Crippen LogP contribution in [-0.2, 0) is 4.79 Å². The summed E-state index contributed by atoms with van der Waals surface area (Å²) in [4.78, 5) is 12.8. The van der Waals surface area contributed by atoms with Crippen LogP contribution in [0.5, 0.6) is 0 Å². The van der Waals surface area contributed by atoms with Crippen LogP contribution in [0.3, 0.4) is 0 Å². The van der Waals surface area contributed by atoms with Crippen molar-refractivity contribution >= 4 is 17.6 Å². The normalized spacial score (nSPS) is 20.6. The third-order valence-corrected chi connectivity index (χ3v) is 3.45. The van der Waals surface area contributed by atoms with Crippen molar-refractivity contribution < 1.29 is 9.90 Å². The first-order valence-electron chi connectivity index (χ1n) is 5.88. The van der Waals surface area contributed by atoms with E-state index in [4.69, 9.17) is 16.7 Å². The van der Waals surface area contributed by atoms with Crippen LogP contribution in [0.15, 0.2) is 24.3 Å². The molecule has 1 aromatic carbocycles. The fourth-order valence-electron chi connectivity index (χ4n) is 2.42. The monoisotopic (exact) mass is 253 g/mol. The van der Waals surface area contributed by atoms with Crippen LogP contribution in [0.1, 0.15) is 30.9 Å². The lowest BCUT2D eigenvalue weighted by Crippen LogP contribution is -2.26. The third kappa shape index (κ3) is 3.20. The number of carboxylic acid groups (broad SMARTS) is 1. The number of aliphatic carboxylic acids is 1. The van der Waals surface area contributed by atoms with Gasteiger partial charge in [-0.1, -0.05) is 23.7 Å². The Labute approximate surface area is 106 Å². The van der Waals surface area contributed by atoms with Gasteiger partial charge < -0.3 is 5.11 Å². The van der Waals surface area contributed by atoms with Gasteiger partial charge in [0.15, 0.2) is 0 Å². The molecule has 0 radical (unpaired) electrons. The number of rotatable bonds is 4. The molecular weight excluding hydrogens is 238 g/mol. The standard InChI is InChI=1S/C13H16ClNO2/c14-11-4-1-3-10(9-11)12-5-2-7-15(12)8-6-13(16)17/h1,3-4,9,12H,2,5-8H2,(H,16,17)/t12-/m1/s1. The summed E-state index contributed by atoms with van der Waals surface area (Å²) in [6, 6.07) is 8.18. The lowest BCUT2D eigenvalue weighted by molar-refractivity contribution is -0.137. The second kappa shape index (κ2) is 5.52. The maximum Gasteiger partial charge on any atom is 0.304 e. The molecule has 1 heterocycles. The fraction of sp³-hybridized carbons (Fsp3) is 0.462. The molecule has 0 bridgehead atoms. The lowest BCUT2D eigenvalue weighted by atomic mass is 10.0. The Morgan fingerprint density at radius 2 is 2.35 bits per heavy atom. The van der Waals surface area contributed by atoms with Gasteiger partial charge in [0.25, 0.3) is 0 Å². The summed E-state index contributed by atoms with van der Waals surface area (Å²) in [5.74, 6) is -0.734. The fourth-order valence-corrected chi connectivity index (χ4v) is 2.62. The van der Waals surface area contributed by atoms with Crippen LogP contribution >= 0.6 is 11.6 Å². The predicted molar refractivity (Wildman–Crippen MR) is 67.3 cm³/mol. The molecule has 0 spiro atoms. The van der Waals surface area contributed by atoms with E-state index >= 15 is 0 Å². The predicted octanol–water partition coefficient (Wildman–Crippen LogP) is 2.95. The number of carboxylic acids is 1. The van der Waals surface area contributed by atoms with Gasteiger partial charge >= 0.3 is 5.97 Å². The SMILES string of the molecule is O=C(O)CCN1CCC[C@@H]1c1cccc(Cl)c1. The van der Waals surface area contributed by atoms with Crippen molar-refractivity contribution in [2.75, 3.05) is 13.1 Å². The molecule has 0 aliphatic carbocycles. The van der Waals surface area contributed by atoms with Crippen molar-refractivity contribution in [1.29, 1.82) is 0 Å². The van der Waals surface area contributed by atoms with E-state index < -0.39 is 5.97 Å². The summed E-state index contributed by atoms with van der Waals surface area (Å²) >= 11 is 5.99. The van der Waals surface area contributed by atoms with Crippen LogP contribution in [0.4, 0.5) is 0 Å². The first-order chi connectivity index (χ1) is 8.16. The molecule has 1 aliphatic rings. The number of nitrogens with zero attached hydrogens (tertiary/aromatic N) is 1. The van der Waals surface area contributed by atoms with Crippen LogP contribution < -0.4 is 0 Å². The van der Waals surface area contributed by atoms with Gasteiger partial charge in [-0.3, -0.25) is 9.69 Å². The molecule has 3 nitrogen and oxygen atoms in total. The Kier molecular flexibility index (Phi) is 4.02. The van der Waals surface area contributed by atoms with E-state index in [9.17, 15) is 4.79 Å². The van der Waals surface area contributed by atoms with Gasteiger partial charge in [0.1, 0.15) is 0 Å². The molecule has 17 heavy (non-hydrogen) atoms. The number of hydrogen-bond donors (Lipinski definition) is 1. The molecule has 0 unspecified atom stereocenters. The van der Waals surface area contributed by atoms with Crippen LogP contribution in [-0.4, -0.2) is 29.1 Å². The van der Waals surface area contributed by atoms with Crippen molar-refractivity contribution in [3.8, 4) is 0 Å². The quantitative estimate of drug-likeness (QED) is 0.897. The topological polar surface area (TPSA) is 40.5 Å². The summed E-state index contributed by atoms with van der Waals surface area (Å²) in [6.07, 6.45) is 2.41. The van der Waals surface area contributed by atoms with Crippen LogP contribution in [0.25, 0.3) is 0 Å². The molecule has 1 saturated heterocycles.